The van der Waals surface area contributed by atoms with E-state index in [4.69, 9.17) is 0 Å². The summed E-state index contributed by atoms with van der Waals surface area (Å²) in [6.45, 7) is 11.4. The highest BCUT2D eigenvalue weighted by Crippen LogP contribution is 2.55. The van der Waals surface area contributed by atoms with Crippen molar-refractivity contribution < 1.29 is 9.59 Å². The second-order valence-corrected chi connectivity index (χ2v) is 8.19. The van der Waals surface area contributed by atoms with Crippen molar-refractivity contribution in [3.05, 3.63) is 0 Å². The lowest BCUT2D eigenvalue weighted by Crippen LogP contribution is -2.52. The smallest absolute Gasteiger partial charge is 0.226 e. The molecule has 0 spiro atoms. The number of Topliss-reactive ketones (excluding diaryl/α,β-unsaturated/α-hetero) is 1. The average molecular weight is 307 g/mol. The average Bonchev–Trinajstić information content (AvgIpc) is 2.67. The summed E-state index contributed by atoms with van der Waals surface area (Å²) in [5.74, 6) is 1.83. The molecule has 2 fully saturated rings. The van der Waals surface area contributed by atoms with Gasteiger partial charge in [0.2, 0.25) is 5.91 Å². The molecule has 0 N–H and O–H groups in total. The van der Waals surface area contributed by atoms with Crippen LogP contribution in [0.5, 0.6) is 0 Å². The van der Waals surface area contributed by atoms with Crippen molar-refractivity contribution in [1.29, 1.82) is 0 Å². The van der Waals surface area contributed by atoms with Crippen molar-refractivity contribution in [2.24, 2.45) is 23.2 Å². The van der Waals surface area contributed by atoms with E-state index in [1.54, 1.807) is 6.92 Å². The van der Waals surface area contributed by atoms with Crippen LogP contribution in [0.3, 0.4) is 0 Å². The number of carbonyl (C=O) groups excluding carboxylic acids is 2. The van der Waals surface area contributed by atoms with Gasteiger partial charge in [0.25, 0.3) is 0 Å². The lowest BCUT2D eigenvalue weighted by atomic mass is 9.69. The molecule has 126 valence electrons. The number of unbranched alkanes of at least 4 members (excludes halogenated alkanes) is 1. The van der Waals surface area contributed by atoms with E-state index in [9.17, 15) is 9.59 Å². The number of nitrogens with zero attached hydrogens (tertiary/aromatic N) is 1. The van der Waals surface area contributed by atoms with Gasteiger partial charge in [-0.3, -0.25) is 9.59 Å². The van der Waals surface area contributed by atoms with Crippen LogP contribution < -0.4 is 0 Å². The first-order chi connectivity index (χ1) is 10.3. The van der Waals surface area contributed by atoms with Crippen LogP contribution in [0.25, 0.3) is 0 Å². The Morgan fingerprint density at radius 1 is 1.32 bits per heavy atom. The number of amides is 1. The molecule has 0 aromatic heterocycles. The Morgan fingerprint density at radius 3 is 2.59 bits per heavy atom. The number of hydrogen-bond donors (Lipinski definition) is 0. The van der Waals surface area contributed by atoms with E-state index in [0.29, 0.717) is 36.8 Å². The van der Waals surface area contributed by atoms with Crippen LogP contribution in [0.4, 0.5) is 0 Å². The minimum atomic E-state index is 0.185. The van der Waals surface area contributed by atoms with Crippen LogP contribution in [-0.4, -0.2) is 29.2 Å². The lowest BCUT2D eigenvalue weighted by Gasteiger charge is -2.45. The molecule has 2 rings (SSSR count). The molecule has 22 heavy (non-hydrogen) atoms. The first-order valence-corrected chi connectivity index (χ1v) is 9.08. The molecule has 1 heterocycles. The van der Waals surface area contributed by atoms with Crippen LogP contribution in [-0.2, 0) is 9.59 Å². The molecule has 1 aliphatic carbocycles. The molecule has 1 amide bonds. The van der Waals surface area contributed by atoms with Gasteiger partial charge in [-0.1, -0.05) is 40.5 Å². The highest BCUT2D eigenvalue weighted by molar-refractivity contribution is 5.82. The van der Waals surface area contributed by atoms with E-state index in [2.05, 4.69) is 32.6 Å². The molecule has 1 aliphatic heterocycles. The van der Waals surface area contributed by atoms with Crippen LogP contribution >= 0.6 is 0 Å². The Morgan fingerprint density at radius 2 is 2.00 bits per heavy atom. The monoisotopic (exact) mass is 307 g/mol. The predicted octanol–water partition coefficient (Wildman–Crippen LogP) is 4.06. The van der Waals surface area contributed by atoms with Gasteiger partial charge in [0, 0.05) is 24.9 Å². The van der Waals surface area contributed by atoms with Gasteiger partial charge < -0.3 is 4.90 Å². The minimum Gasteiger partial charge on any atom is -0.339 e. The van der Waals surface area contributed by atoms with Crippen LogP contribution in [0.2, 0.25) is 0 Å². The van der Waals surface area contributed by atoms with Crippen LogP contribution in [0.15, 0.2) is 0 Å². The summed E-state index contributed by atoms with van der Waals surface area (Å²) in [7, 11) is 0. The van der Waals surface area contributed by atoms with Gasteiger partial charge in [0.1, 0.15) is 5.78 Å². The highest BCUT2D eigenvalue weighted by atomic mass is 16.2. The largest absolute Gasteiger partial charge is 0.339 e. The zero-order valence-corrected chi connectivity index (χ0v) is 15.0. The topological polar surface area (TPSA) is 37.4 Å². The second-order valence-electron chi connectivity index (χ2n) is 8.19. The minimum absolute atomic E-state index is 0.185. The first kappa shape index (κ1) is 17.5. The Bertz CT molecular complexity index is 429. The maximum absolute atomic E-state index is 13.0. The van der Waals surface area contributed by atoms with Crippen molar-refractivity contribution in [1.82, 2.24) is 4.90 Å². The molecule has 4 atom stereocenters. The summed E-state index contributed by atoms with van der Waals surface area (Å²) in [5.41, 5.74) is 0.261. The molecule has 0 aromatic rings. The van der Waals surface area contributed by atoms with E-state index < -0.39 is 0 Å². The van der Waals surface area contributed by atoms with Crippen molar-refractivity contribution >= 4 is 11.7 Å². The number of likely N-dealkylation sites (tertiary alicyclic amines) is 1. The highest BCUT2D eigenvalue weighted by Gasteiger charge is 2.54. The zero-order chi connectivity index (χ0) is 16.5. The molecule has 0 unspecified atom stereocenters. The molecule has 0 bridgehead atoms. The molecule has 0 aromatic carbocycles. The van der Waals surface area contributed by atoms with Crippen molar-refractivity contribution in [3.63, 3.8) is 0 Å². The van der Waals surface area contributed by atoms with Gasteiger partial charge in [0.05, 0.1) is 0 Å². The Balaban J connectivity index is 2.18. The predicted molar refractivity (Wildman–Crippen MR) is 89.5 cm³/mol. The van der Waals surface area contributed by atoms with E-state index in [1.165, 1.54) is 12.8 Å². The number of rotatable bonds is 6. The summed E-state index contributed by atoms with van der Waals surface area (Å²) in [4.78, 5) is 26.5. The van der Waals surface area contributed by atoms with E-state index >= 15 is 0 Å². The van der Waals surface area contributed by atoms with Crippen LogP contribution in [0.1, 0.15) is 73.1 Å². The third-order valence-corrected chi connectivity index (χ3v) is 6.48. The molecule has 3 nitrogen and oxygen atoms in total. The standard InChI is InChI=1S/C19H33NO2/c1-6-7-8-15-12-17-16(11-13(2)19(17,4)5)18(22)20(15)10-9-14(3)21/h13,15-17H,6-12H2,1-5H3/t13-,15-,16+,17-/m0/s1. The number of ketones is 1. The van der Waals surface area contributed by atoms with Crippen molar-refractivity contribution in [3.8, 4) is 0 Å². The maximum Gasteiger partial charge on any atom is 0.226 e. The quantitative estimate of drug-likeness (QED) is 0.742. The second kappa shape index (κ2) is 6.72. The zero-order valence-electron chi connectivity index (χ0n) is 15.0. The third-order valence-electron chi connectivity index (χ3n) is 6.48. The van der Waals surface area contributed by atoms with Gasteiger partial charge in [-0.15, -0.1) is 0 Å². The molecule has 2 aliphatic rings. The van der Waals surface area contributed by atoms with E-state index in [0.717, 1.165) is 19.3 Å². The first-order valence-electron chi connectivity index (χ1n) is 9.08. The fraction of sp³-hybridized carbons (Fsp3) is 0.895. The Hall–Kier alpha value is -0.860. The fourth-order valence-electron chi connectivity index (χ4n) is 4.57. The summed E-state index contributed by atoms with van der Waals surface area (Å²) in [6, 6.07) is 0.345. The molecule has 1 saturated carbocycles. The number of hydrogen-bond acceptors (Lipinski definition) is 2. The Kier molecular flexibility index (Phi) is 5.34. The molecule has 3 heteroatoms. The Labute approximate surface area is 135 Å². The normalized spacial score (nSPS) is 33.9. The third kappa shape index (κ3) is 3.23. The summed E-state index contributed by atoms with van der Waals surface area (Å²) in [5, 5.41) is 0. The summed E-state index contributed by atoms with van der Waals surface area (Å²) in [6.07, 6.45) is 6.08. The van der Waals surface area contributed by atoms with E-state index in [-0.39, 0.29) is 17.1 Å². The van der Waals surface area contributed by atoms with Gasteiger partial charge in [-0.2, -0.15) is 0 Å². The SMILES string of the molecule is CCCC[C@H]1C[C@H]2[C@@H](C[C@H](C)C2(C)C)C(=O)N1CCC(C)=O. The van der Waals surface area contributed by atoms with Gasteiger partial charge in [-0.05, 0) is 43.4 Å². The lowest BCUT2D eigenvalue weighted by molar-refractivity contribution is -0.146. The molecule has 1 saturated heterocycles. The van der Waals surface area contributed by atoms with Crippen molar-refractivity contribution in [2.75, 3.05) is 6.54 Å². The summed E-state index contributed by atoms with van der Waals surface area (Å²) >= 11 is 0. The number of piperidine rings is 1. The fourth-order valence-corrected chi connectivity index (χ4v) is 4.57. The van der Waals surface area contributed by atoms with E-state index in [1.807, 2.05) is 0 Å². The van der Waals surface area contributed by atoms with Crippen molar-refractivity contribution in [2.45, 2.75) is 79.2 Å². The van der Waals surface area contributed by atoms with Gasteiger partial charge >= 0.3 is 0 Å². The van der Waals surface area contributed by atoms with Gasteiger partial charge in [-0.25, -0.2) is 0 Å². The number of carbonyl (C=O) groups is 2. The summed E-state index contributed by atoms with van der Waals surface area (Å²) < 4.78 is 0. The number of fused-ring (bicyclic) bond motifs is 1. The van der Waals surface area contributed by atoms with Gasteiger partial charge in [0.15, 0.2) is 0 Å². The molecular formula is C19H33NO2. The molecular weight excluding hydrogens is 274 g/mol. The molecule has 0 radical (unpaired) electrons. The van der Waals surface area contributed by atoms with Crippen LogP contribution in [0, 0.1) is 23.2 Å². The maximum atomic E-state index is 13.0.